The summed E-state index contributed by atoms with van der Waals surface area (Å²) < 4.78 is 19.4. The zero-order chi connectivity index (χ0) is 20.4. The summed E-state index contributed by atoms with van der Waals surface area (Å²) in [6.45, 7) is 15.4. The van der Waals surface area contributed by atoms with Crippen LogP contribution in [0.2, 0.25) is 5.02 Å². The summed E-state index contributed by atoms with van der Waals surface area (Å²) >= 11 is 6.58. The van der Waals surface area contributed by atoms with Crippen molar-refractivity contribution in [2.75, 3.05) is 0 Å². The van der Waals surface area contributed by atoms with Gasteiger partial charge in [0.1, 0.15) is 5.60 Å². The van der Waals surface area contributed by atoms with Gasteiger partial charge >= 0.3 is 13.2 Å². The van der Waals surface area contributed by atoms with Gasteiger partial charge in [-0.15, -0.1) is 0 Å². The molecular weight excluding hydrogens is 364 g/mol. The topological polar surface area (TPSA) is 49.7 Å². The van der Waals surface area contributed by atoms with E-state index in [1.54, 1.807) is 6.20 Å². The Morgan fingerprint density at radius 3 is 2.26 bits per heavy atom. The third-order valence-corrected chi connectivity index (χ3v) is 5.54. The van der Waals surface area contributed by atoms with Gasteiger partial charge in [0.25, 0.3) is 0 Å². The van der Waals surface area contributed by atoms with Crippen LogP contribution in [-0.2, 0) is 14.0 Å². The number of hydrogen-bond acceptors (Lipinski definition) is 4. The van der Waals surface area contributed by atoms with Gasteiger partial charge in [0.15, 0.2) is 0 Å². The minimum absolute atomic E-state index is 0.428. The summed E-state index contributed by atoms with van der Waals surface area (Å²) in [6, 6.07) is 3.70. The third-order valence-electron chi connectivity index (χ3n) is 5.23. The molecule has 0 atom stereocenters. The summed E-state index contributed by atoms with van der Waals surface area (Å²) in [6.07, 6.45) is 1.28. The quantitative estimate of drug-likeness (QED) is 0.662. The molecule has 0 N–H and O–H groups in total. The van der Waals surface area contributed by atoms with Crippen LogP contribution in [0, 0.1) is 6.92 Å². The Morgan fingerprint density at radius 1 is 1.19 bits per heavy atom. The van der Waals surface area contributed by atoms with Crippen molar-refractivity contribution in [1.82, 2.24) is 4.57 Å². The number of rotatable bonds is 1. The molecule has 2 aromatic rings. The van der Waals surface area contributed by atoms with Crippen molar-refractivity contribution in [3.8, 4) is 0 Å². The Bertz CT molecular complexity index is 895. The van der Waals surface area contributed by atoms with Crippen LogP contribution in [0.3, 0.4) is 0 Å². The molecule has 146 valence electrons. The maximum atomic E-state index is 12.7. The number of aromatic nitrogens is 1. The second kappa shape index (κ2) is 6.26. The maximum absolute atomic E-state index is 12.7. The van der Waals surface area contributed by atoms with Crippen LogP contribution in [0.5, 0.6) is 0 Å². The van der Waals surface area contributed by atoms with Crippen LogP contribution in [0.4, 0.5) is 4.79 Å². The van der Waals surface area contributed by atoms with E-state index in [-0.39, 0.29) is 0 Å². The van der Waals surface area contributed by atoms with Crippen LogP contribution >= 0.6 is 11.6 Å². The second-order valence-corrected chi connectivity index (χ2v) is 9.51. The lowest BCUT2D eigenvalue weighted by Gasteiger charge is -2.32. The monoisotopic (exact) mass is 391 g/mol. The molecule has 1 saturated heterocycles. The summed E-state index contributed by atoms with van der Waals surface area (Å²) in [4.78, 5) is 12.7. The van der Waals surface area contributed by atoms with Gasteiger partial charge in [0.05, 0.1) is 16.7 Å². The lowest BCUT2D eigenvalue weighted by molar-refractivity contribution is 0.00578. The molecule has 27 heavy (non-hydrogen) atoms. The molecule has 0 unspecified atom stereocenters. The molecule has 1 fully saturated rings. The first-order valence-electron chi connectivity index (χ1n) is 9.12. The van der Waals surface area contributed by atoms with Crippen molar-refractivity contribution in [1.29, 1.82) is 0 Å². The Kier molecular flexibility index (Phi) is 4.69. The minimum atomic E-state index is -0.611. The highest BCUT2D eigenvalue weighted by atomic mass is 35.5. The van der Waals surface area contributed by atoms with Gasteiger partial charge in [-0.05, 0) is 73.1 Å². The fourth-order valence-corrected chi connectivity index (χ4v) is 3.54. The van der Waals surface area contributed by atoms with Crippen LogP contribution in [-0.4, -0.2) is 34.6 Å². The van der Waals surface area contributed by atoms with E-state index in [9.17, 15) is 4.79 Å². The van der Waals surface area contributed by atoms with E-state index >= 15 is 0 Å². The zero-order valence-electron chi connectivity index (χ0n) is 17.3. The van der Waals surface area contributed by atoms with Crippen LogP contribution < -0.4 is 5.46 Å². The fraction of sp³-hybridized carbons (Fsp3) is 0.550. The van der Waals surface area contributed by atoms with Crippen molar-refractivity contribution >= 4 is 41.2 Å². The number of hydrogen-bond donors (Lipinski definition) is 0. The molecule has 1 aromatic heterocycles. The number of aryl methyl sites for hydroxylation is 1. The van der Waals surface area contributed by atoms with E-state index in [0.29, 0.717) is 5.02 Å². The molecule has 1 aromatic carbocycles. The average molecular weight is 392 g/mol. The standard InChI is InChI=1S/C20H27BClNO4/c1-12-11-14(22)15(21-26-19(5,6)20(7,8)27-21)13-9-10-23(16(12)13)17(24)25-18(2,3)4/h9-11H,1-8H3. The number of halogens is 1. The SMILES string of the molecule is Cc1cc(Cl)c(B2OC(C)(C)C(C)(C)O2)c2ccn(C(=O)OC(C)(C)C)c12. The van der Waals surface area contributed by atoms with E-state index < -0.39 is 30.0 Å². The number of fused-ring (bicyclic) bond motifs is 1. The smallest absolute Gasteiger partial charge is 0.443 e. The van der Waals surface area contributed by atoms with Gasteiger partial charge in [0, 0.05) is 22.1 Å². The molecule has 0 amide bonds. The van der Waals surface area contributed by atoms with E-state index in [1.807, 2.05) is 67.5 Å². The van der Waals surface area contributed by atoms with Crippen LogP contribution in [0.15, 0.2) is 18.3 Å². The molecule has 1 aliphatic rings. The predicted molar refractivity (Wildman–Crippen MR) is 109 cm³/mol. The predicted octanol–water partition coefficient (Wildman–Crippen LogP) is 4.69. The van der Waals surface area contributed by atoms with Crippen molar-refractivity contribution in [2.24, 2.45) is 0 Å². The third kappa shape index (κ3) is 3.51. The number of carbonyl (C=O) groups is 1. The van der Waals surface area contributed by atoms with Crippen molar-refractivity contribution in [3.63, 3.8) is 0 Å². The summed E-state index contributed by atoms with van der Waals surface area (Å²) in [7, 11) is -0.611. The van der Waals surface area contributed by atoms with Gasteiger partial charge in [-0.1, -0.05) is 11.6 Å². The molecule has 2 heterocycles. The maximum Gasteiger partial charge on any atom is 0.497 e. The van der Waals surface area contributed by atoms with Crippen LogP contribution in [0.1, 0.15) is 54.0 Å². The molecule has 0 aliphatic carbocycles. The average Bonchev–Trinajstić information content (AvgIpc) is 2.97. The Morgan fingerprint density at radius 2 is 1.74 bits per heavy atom. The molecule has 0 radical (unpaired) electrons. The van der Waals surface area contributed by atoms with Crippen molar-refractivity contribution < 1.29 is 18.8 Å². The molecule has 0 spiro atoms. The number of carbonyl (C=O) groups excluding carboxylic acids is 1. The molecule has 0 bridgehead atoms. The minimum Gasteiger partial charge on any atom is -0.443 e. The first-order chi connectivity index (χ1) is 12.2. The highest BCUT2D eigenvalue weighted by molar-refractivity contribution is 6.68. The lowest BCUT2D eigenvalue weighted by Crippen LogP contribution is -2.41. The number of nitrogens with zero attached hydrogens (tertiary/aromatic N) is 1. The molecule has 1 aliphatic heterocycles. The van der Waals surface area contributed by atoms with E-state index in [4.69, 9.17) is 25.6 Å². The largest absolute Gasteiger partial charge is 0.497 e. The van der Waals surface area contributed by atoms with Gasteiger partial charge in [-0.3, -0.25) is 4.57 Å². The highest BCUT2D eigenvalue weighted by Gasteiger charge is 2.52. The Labute approximate surface area is 166 Å². The van der Waals surface area contributed by atoms with E-state index in [1.165, 1.54) is 4.57 Å². The van der Waals surface area contributed by atoms with Crippen LogP contribution in [0.25, 0.3) is 10.9 Å². The Hall–Kier alpha value is -1.50. The molecular formula is C20H27BClNO4. The van der Waals surface area contributed by atoms with Gasteiger partial charge in [-0.25, -0.2) is 4.79 Å². The van der Waals surface area contributed by atoms with Gasteiger partial charge in [0.2, 0.25) is 0 Å². The first kappa shape index (κ1) is 20.2. The lowest BCUT2D eigenvalue weighted by atomic mass is 9.76. The van der Waals surface area contributed by atoms with Gasteiger partial charge in [-0.2, -0.15) is 0 Å². The summed E-state index contributed by atoms with van der Waals surface area (Å²) in [5, 5.41) is 1.38. The Balaban J connectivity index is 2.13. The zero-order valence-corrected chi connectivity index (χ0v) is 18.0. The first-order valence-corrected chi connectivity index (χ1v) is 9.50. The summed E-state index contributed by atoms with van der Waals surface area (Å²) in [5.74, 6) is 0. The highest BCUT2D eigenvalue weighted by Crippen LogP contribution is 2.38. The molecule has 0 saturated carbocycles. The molecule has 3 rings (SSSR count). The molecule has 5 nitrogen and oxygen atoms in total. The van der Waals surface area contributed by atoms with E-state index in [2.05, 4.69) is 0 Å². The fourth-order valence-electron chi connectivity index (χ4n) is 3.18. The van der Waals surface area contributed by atoms with E-state index in [0.717, 1.165) is 21.9 Å². The van der Waals surface area contributed by atoms with Gasteiger partial charge < -0.3 is 14.0 Å². The summed E-state index contributed by atoms with van der Waals surface area (Å²) in [5.41, 5.74) is 0.822. The number of ether oxygens (including phenoxy) is 1. The van der Waals surface area contributed by atoms with Crippen molar-refractivity contribution in [3.05, 3.63) is 28.9 Å². The normalized spacial score (nSPS) is 18.9. The number of benzene rings is 1. The second-order valence-electron chi connectivity index (χ2n) is 9.11. The van der Waals surface area contributed by atoms with Crippen molar-refractivity contribution in [2.45, 2.75) is 72.2 Å². The molecule has 7 heteroatoms.